The molecule has 0 aliphatic carbocycles. The first-order chi connectivity index (χ1) is 6.18. The van der Waals surface area contributed by atoms with Gasteiger partial charge in [0.05, 0.1) is 6.61 Å². The Morgan fingerprint density at radius 1 is 1.31 bits per heavy atom. The van der Waals surface area contributed by atoms with Gasteiger partial charge in [-0.1, -0.05) is 15.9 Å². The van der Waals surface area contributed by atoms with E-state index >= 15 is 0 Å². The van der Waals surface area contributed by atoms with E-state index in [0.29, 0.717) is 6.61 Å². The molecular weight excluding hydrogens is 236 g/mol. The van der Waals surface area contributed by atoms with E-state index in [0.717, 1.165) is 25.9 Å². The first-order valence-corrected chi connectivity index (χ1v) is 5.39. The molecule has 0 heterocycles. The summed E-state index contributed by atoms with van der Waals surface area (Å²) < 4.78 is 9.85. The van der Waals surface area contributed by atoms with E-state index < -0.39 is 0 Å². The van der Waals surface area contributed by atoms with E-state index in [1.54, 1.807) is 14.0 Å². The zero-order valence-electron chi connectivity index (χ0n) is 8.22. The van der Waals surface area contributed by atoms with Gasteiger partial charge in [0.15, 0.2) is 0 Å². The smallest absolute Gasteiger partial charge is 0.319 e. The van der Waals surface area contributed by atoms with Crippen LogP contribution in [0, 0.1) is 0 Å². The monoisotopic (exact) mass is 252 g/mol. The summed E-state index contributed by atoms with van der Waals surface area (Å²) in [6.07, 6.45) is 2.98. The van der Waals surface area contributed by atoms with Crippen LogP contribution in [0.1, 0.15) is 26.2 Å². The predicted molar refractivity (Wildman–Crippen MR) is 55.1 cm³/mol. The van der Waals surface area contributed by atoms with Crippen molar-refractivity contribution in [2.45, 2.75) is 31.0 Å². The van der Waals surface area contributed by atoms with Gasteiger partial charge in [-0.25, -0.2) is 0 Å². The molecule has 3 nitrogen and oxygen atoms in total. The average molecular weight is 253 g/mol. The molecule has 1 unspecified atom stereocenters. The van der Waals surface area contributed by atoms with Crippen molar-refractivity contribution in [2.75, 3.05) is 20.3 Å². The number of carbonyl (C=O) groups excluding carboxylic acids is 1. The molecule has 0 saturated carbocycles. The Hall–Kier alpha value is -0.0900. The van der Waals surface area contributed by atoms with Crippen molar-refractivity contribution in [3.05, 3.63) is 0 Å². The Balaban J connectivity index is 3.12. The van der Waals surface area contributed by atoms with E-state index in [4.69, 9.17) is 9.47 Å². The number of alkyl halides is 1. The molecule has 0 amide bonds. The molecule has 0 rings (SSSR count). The highest BCUT2D eigenvalue weighted by atomic mass is 79.9. The molecule has 0 radical (unpaired) electrons. The van der Waals surface area contributed by atoms with Crippen molar-refractivity contribution in [3.63, 3.8) is 0 Å². The summed E-state index contributed by atoms with van der Waals surface area (Å²) in [6, 6.07) is 0. The van der Waals surface area contributed by atoms with Crippen molar-refractivity contribution in [1.29, 1.82) is 0 Å². The number of methoxy groups -OCH3 is 1. The third kappa shape index (κ3) is 8.25. The fourth-order valence-corrected chi connectivity index (χ4v) is 0.945. The van der Waals surface area contributed by atoms with Crippen molar-refractivity contribution in [1.82, 2.24) is 0 Å². The standard InChI is InChI=1S/C9H17BrO3/c1-8(10)9(11)13-7-5-3-4-6-12-2/h8H,3-7H2,1-2H3. The van der Waals surface area contributed by atoms with Gasteiger partial charge in [-0.2, -0.15) is 0 Å². The van der Waals surface area contributed by atoms with Gasteiger partial charge in [0.1, 0.15) is 4.83 Å². The topological polar surface area (TPSA) is 35.5 Å². The molecule has 0 saturated heterocycles. The van der Waals surface area contributed by atoms with Gasteiger partial charge in [0, 0.05) is 13.7 Å². The lowest BCUT2D eigenvalue weighted by molar-refractivity contribution is -0.142. The Labute approximate surface area is 87.9 Å². The Kier molecular flexibility index (Phi) is 8.45. The maximum Gasteiger partial charge on any atom is 0.319 e. The maximum atomic E-state index is 10.9. The van der Waals surface area contributed by atoms with Crippen LogP contribution < -0.4 is 0 Å². The molecule has 0 fully saturated rings. The van der Waals surface area contributed by atoms with Crippen LogP contribution in [0.4, 0.5) is 0 Å². The Morgan fingerprint density at radius 3 is 2.46 bits per heavy atom. The van der Waals surface area contributed by atoms with E-state index in [2.05, 4.69) is 15.9 Å². The van der Waals surface area contributed by atoms with E-state index in [1.807, 2.05) is 0 Å². The summed E-state index contributed by atoms with van der Waals surface area (Å²) in [5, 5.41) is 0. The van der Waals surface area contributed by atoms with Gasteiger partial charge < -0.3 is 9.47 Å². The number of hydrogen-bond acceptors (Lipinski definition) is 3. The highest BCUT2D eigenvalue weighted by molar-refractivity contribution is 9.10. The van der Waals surface area contributed by atoms with Gasteiger partial charge >= 0.3 is 5.97 Å². The SMILES string of the molecule is COCCCCCOC(=O)C(C)Br. The summed E-state index contributed by atoms with van der Waals surface area (Å²) >= 11 is 3.14. The van der Waals surface area contributed by atoms with Gasteiger partial charge in [-0.3, -0.25) is 4.79 Å². The van der Waals surface area contributed by atoms with Crippen molar-refractivity contribution >= 4 is 21.9 Å². The Bertz CT molecular complexity index is 137. The third-order valence-electron chi connectivity index (χ3n) is 1.56. The largest absolute Gasteiger partial charge is 0.465 e. The molecule has 0 N–H and O–H groups in total. The molecule has 0 spiro atoms. The van der Waals surface area contributed by atoms with Crippen LogP contribution in [0.2, 0.25) is 0 Å². The number of esters is 1. The minimum atomic E-state index is -0.202. The maximum absolute atomic E-state index is 10.9. The Morgan fingerprint density at radius 2 is 1.92 bits per heavy atom. The van der Waals surface area contributed by atoms with Crippen LogP contribution in [-0.4, -0.2) is 31.1 Å². The normalized spacial score (nSPS) is 12.5. The minimum Gasteiger partial charge on any atom is -0.465 e. The summed E-state index contributed by atoms with van der Waals surface area (Å²) in [7, 11) is 1.69. The van der Waals surface area contributed by atoms with Crippen molar-refractivity contribution < 1.29 is 14.3 Å². The van der Waals surface area contributed by atoms with Crippen molar-refractivity contribution in [2.24, 2.45) is 0 Å². The molecule has 4 heteroatoms. The molecule has 78 valence electrons. The van der Waals surface area contributed by atoms with Crippen LogP contribution in [-0.2, 0) is 14.3 Å². The lowest BCUT2D eigenvalue weighted by Gasteiger charge is -2.05. The lowest BCUT2D eigenvalue weighted by Crippen LogP contribution is -2.14. The average Bonchev–Trinajstić information content (AvgIpc) is 2.10. The number of rotatable bonds is 7. The fourth-order valence-electron chi connectivity index (χ4n) is 0.813. The second kappa shape index (κ2) is 8.51. The van der Waals surface area contributed by atoms with Gasteiger partial charge in [0.2, 0.25) is 0 Å². The van der Waals surface area contributed by atoms with Gasteiger partial charge in [-0.15, -0.1) is 0 Å². The van der Waals surface area contributed by atoms with Crippen molar-refractivity contribution in [3.8, 4) is 0 Å². The number of halogens is 1. The highest BCUT2D eigenvalue weighted by Crippen LogP contribution is 2.02. The van der Waals surface area contributed by atoms with E-state index in [-0.39, 0.29) is 10.8 Å². The van der Waals surface area contributed by atoms with Crippen LogP contribution in [0.3, 0.4) is 0 Å². The second-order valence-corrected chi connectivity index (χ2v) is 4.21. The zero-order chi connectivity index (χ0) is 10.1. The zero-order valence-corrected chi connectivity index (χ0v) is 9.80. The highest BCUT2D eigenvalue weighted by Gasteiger charge is 2.08. The van der Waals surface area contributed by atoms with Crippen LogP contribution >= 0.6 is 15.9 Å². The summed E-state index contributed by atoms with van der Waals surface area (Å²) in [5.74, 6) is -0.188. The van der Waals surface area contributed by atoms with Crippen LogP contribution in [0.15, 0.2) is 0 Å². The van der Waals surface area contributed by atoms with Gasteiger partial charge in [-0.05, 0) is 26.2 Å². The summed E-state index contributed by atoms with van der Waals surface area (Å²) in [4.78, 5) is 10.7. The van der Waals surface area contributed by atoms with E-state index in [1.165, 1.54) is 0 Å². The molecule has 0 aromatic heterocycles. The number of ether oxygens (including phenoxy) is 2. The van der Waals surface area contributed by atoms with E-state index in [9.17, 15) is 4.79 Å². The molecule has 0 bridgehead atoms. The first-order valence-electron chi connectivity index (χ1n) is 4.48. The summed E-state index contributed by atoms with van der Waals surface area (Å²) in [5.41, 5.74) is 0. The second-order valence-electron chi connectivity index (χ2n) is 2.84. The summed E-state index contributed by atoms with van der Waals surface area (Å²) in [6.45, 7) is 3.05. The third-order valence-corrected chi connectivity index (χ3v) is 1.94. The minimum absolute atomic E-state index is 0.188. The number of unbranched alkanes of at least 4 members (excludes halogenated alkanes) is 2. The molecular formula is C9H17BrO3. The van der Waals surface area contributed by atoms with Crippen LogP contribution in [0.25, 0.3) is 0 Å². The predicted octanol–water partition coefficient (Wildman–Crippen LogP) is 2.13. The quantitative estimate of drug-likeness (QED) is 0.396. The van der Waals surface area contributed by atoms with Gasteiger partial charge in [0.25, 0.3) is 0 Å². The molecule has 0 aromatic rings. The number of carbonyl (C=O) groups is 1. The molecule has 1 atom stereocenters. The fraction of sp³-hybridized carbons (Fsp3) is 0.889. The molecule has 13 heavy (non-hydrogen) atoms. The molecule has 0 aromatic carbocycles. The lowest BCUT2D eigenvalue weighted by atomic mass is 10.2. The number of hydrogen-bond donors (Lipinski definition) is 0. The molecule has 0 aliphatic heterocycles. The molecule has 0 aliphatic rings. The van der Waals surface area contributed by atoms with Crippen LogP contribution in [0.5, 0.6) is 0 Å². The first kappa shape index (κ1) is 12.9.